The molecule has 36 heavy (non-hydrogen) atoms. The number of ether oxygens (including phenoxy) is 1. The average Bonchev–Trinajstić information content (AvgIpc) is 3.48. The zero-order valence-corrected chi connectivity index (χ0v) is 23.3. The van der Waals surface area contributed by atoms with E-state index in [4.69, 9.17) is 4.74 Å². The zero-order valence-electron chi connectivity index (χ0n) is 20.8. The number of aromatic amines is 1. The third-order valence-corrected chi connectivity index (χ3v) is 6.79. The van der Waals surface area contributed by atoms with Crippen molar-refractivity contribution in [3.05, 3.63) is 21.5 Å². The minimum Gasteiger partial charge on any atom is -0.444 e. The number of nitrogens with one attached hydrogen (secondary N) is 5. The quantitative estimate of drug-likeness (QED) is 0.272. The first-order valence-corrected chi connectivity index (χ1v) is 14.5. The second kappa shape index (κ2) is 14.8. The standard InChI is InChI=1S/C22H32N6O5S3/c1-22(2,3)33-21(32)26-11-17(30)25-10-16(29)23-8-6-18-27-15(13-35-18)20-28-14(12-36-20)19(31)24-7-5-9-34-4/h12-13H,5-11H2,1-4H3,(H,23,29)(H,24,31)(H,25,30)(H,26,32)/p+1. The van der Waals surface area contributed by atoms with E-state index >= 15 is 0 Å². The Morgan fingerprint density at radius 3 is 2.44 bits per heavy atom. The summed E-state index contributed by atoms with van der Waals surface area (Å²) in [6.45, 7) is 5.66. The molecule has 0 unspecified atom stereocenters. The predicted molar refractivity (Wildman–Crippen MR) is 141 cm³/mol. The van der Waals surface area contributed by atoms with Crippen LogP contribution in [0.2, 0.25) is 0 Å². The lowest BCUT2D eigenvalue weighted by molar-refractivity contribution is -0.362. The molecule has 0 radical (unpaired) electrons. The lowest BCUT2D eigenvalue weighted by atomic mass is 10.2. The molecule has 2 aromatic rings. The van der Waals surface area contributed by atoms with Crippen LogP contribution in [-0.2, 0) is 20.7 Å². The number of aromatic nitrogens is 2. The number of nitrogens with zero attached hydrogens (tertiary/aromatic N) is 1. The molecule has 0 saturated carbocycles. The summed E-state index contributed by atoms with van der Waals surface area (Å²) in [6, 6.07) is 0. The van der Waals surface area contributed by atoms with E-state index in [1.165, 1.54) is 22.7 Å². The van der Waals surface area contributed by atoms with Gasteiger partial charge in [0, 0.05) is 24.9 Å². The average molecular weight is 558 g/mol. The number of thiazole rings is 2. The van der Waals surface area contributed by atoms with Gasteiger partial charge in [0.1, 0.15) is 12.1 Å². The summed E-state index contributed by atoms with van der Waals surface area (Å²) < 4.78 is 5.04. The van der Waals surface area contributed by atoms with Crippen LogP contribution in [0.1, 0.15) is 42.7 Å². The smallest absolute Gasteiger partial charge is 0.408 e. The van der Waals surface area contributed by atoms with Gasteiger partial charge in [-0.2, -0.15) is 16.7 Å². The predicted octanol–water partition coefficient (Wildman–Crippen LogP) is 1.47. The first-order chi connectivity index (χ1) is 17.1. The fourth-order valence-electron chi connectivity index (χ4n) is 2.66. The van der Waals surface area contributed by atoms with Crippen molar-refractivity contribution in [2.24, 2.45) is 0 Å². The number of hydrogen-bond acceptors (Lipinski definition) is 9. The first-order valence-electron chi connectivity index (χ1n) is 11.3. The van der Waals surface area contributed by atoms with Crippen LogP contribution in [0.3, 0.4) is 0 Å². The number of hydrogen-bond donors (Lipinski definition) is 4. The molecular formula is C22H33N6O5S3+. The van der Waals surface area contributed by atoms with Crippen LogP contribution in [0, 0.1) is 0 Å². The van der Waals surface area contributed by atoms with Crippen LogP contribution < -0.4 is 26.3 Å². The van der Waals surface area contributed by atoms with Gasteiger partial charge in [0.15, 0.2) is 5.69 Å². The number of amides is 4. The van der Waals surface area contributed by atoms with Gasteiger partial charge in [-0.1, -0.05) is 11.3 Å². The second-order valence-electron chi connectivity index (χ2n) is 8.56. The first kappa shape index (κ1) is 29.5. The molecule has 0 aliphatic heterocycles. The molecule has 0 aromatic carbocycles. The molecule has 11 nitrogen and oxygen atoms in total. The summed E-state index contributed by atoms with van der Waals surface area (Å²) in [5.41, 5.74) is 0.592. The highest BCUT2D eigenvalue weighted by atomic mass is 32.2. The molecule has 0 aliphatic carbocycles. The molecule has 0 saturated heterocycles. The molecule has 5 N–H and O–H groups in total. The Hall–Kier alpha value is -2.71. The zero-order chi connectivity index (χ0) is 26.6. The summed E-state index contributed by atoms with van der Waals surface area (Å²) in [6.07, 6.45) is 2.78. The Labute approximate surface area is 222 Å². The molecule has 0 aliphatic rings. The summed E-state index contributed by atoms with van der Waals surface area (Å²) in [5, 5.41) is 15.7. The summed E-state index contributed by atoms with van der Waals surface area (Å²) in [5.74, 6) is 0.0190. The van der Waals surface area contributed by atoms with Gasteiger partial charge in [0.05, 0.1) is 16.9 Å². The fourth-order valence-corrected chi connectivity index (χ4v) is 4.75. The van der Waals surface area contributed by atoms with Crippen molar-refractivity contribution >= 4 is 58.3 Å². The van der Waals surface area contributed by atoms with Crippen molar-refractivity contribution in [2.75, 3.05) is 38.2 Å². The molecule has 2 heterocycles. The van der Waals surface area contributed by atoms with E-state index in [0.29, 0.717) is 25.2 Å². The number of carbonyl (C=O) groups is 4. The number of rotatable bonds is 13. The van der Waals surface area contributed by atoms with Gasteiger partial charge in [-0.25, -0.2) is 9.78 Å². The Balaban J connectivity index is 1.67. The van der Waals surface area contributed by atoms with Gasteiger partial charge in [0.25, 0.3) is 10.7 Å². The number of carbonyl (C=O) groups excluding carboxylic acids is 4. The van der Waals surface area contributed by atoms with E-state index in [2.05, 4.69) is 31.2 Å². The van der Waals surface area contributed by atoms with Crippen molar-refractivity contribution in [3.8, 4) is 10.7 Å². The maximum absolute atomic E-state index is 12.2. The minimum absolute atomic E-state index is 0.135. The van der Waals surface area contributed by atoms with Crippen molar-refractivity contribution in [1.82, 2.24) is 26.3 Å². The molecule has 198 valence electrons. The van der Waals surface area contributed by atoms with Crippen LogP contribution in [0.25, 0.3) is 10.7 Å². The third kappa shape index (κ3) is 11.4. The Morgan fingerprint density at radius 2 is 1.72 bits per heavy atom. The van der Waals surface area contributed by atoms with Gasteiger partial charge in [-0.05, 0) is 39.2 Å². The fraction of sp³-hybridized carbons (Fsp3) is 0.545. The largest absolute Gasteiger partial charge is 0.444 e. The van der Waals surface area contributed by atoms with Gasteiger partial charge in [0.2, 0.25) is 11.8 Å². The molecule has 14 heteroatoms. The maximum atomic E-state index is 12.2. The molecule has 2 aromatic heterocycles. The number of thioether (sulfide) groups is 1. The van der Waals surface area contributed by atoms with Gasteiger partial charge < -0.3 is 26.0 Å². The molecule has 0 atom stereocenters. The van der Waals surface area contributed by atoms with E-state index in [1.807, 2.05) is 11.6 Å². The van der Waals surface area contributed by atoms with E-state index in [0.717, 1.165) is 27.9 Å². The van der Waals surface area contributed by atoms with E-state index in [-0.39, 0.29) is 24.9 Å². The number of H-pyrrole nitrogens is 1. The summed E-state index contributed by atoms with van der Waals surface area (Å²) in [7, 11) is 0. The molecule has 0 bridgehead atoms. The number of alkyl carbamates (subject to hydrolysis) is 1. The molecule has 0 spiro atoms. The highest BCUT2D eigenvalue weighted by Gasteiger charge is 2.20. The highest BCUT2D eigenvalue weighted by Crippen LogP contribution is 2.22. The molecule has 0 fully saturated rings. The molecule has 4 amide bonds. The Bertz CT molecular complexity index is 1030. The summed E-state index contributed by atoms with van der Waals surface area (Å²) >= 11 is 4.62. The third-order valence-electron chi connectivity index (χ3n) is 4.28. The lowest BCUT2D eigenvalue weighted by Gasteiger charge is -2.19. The van der Waals surface area contributed by atoms with Crippen LogP contribution in [0.5, 0.6) is 0 Å². The van der Waals surface area contributed by atoms with E-state index in [1.54, 1.807) is 37.9 Å². The second-order valence-corrected chi connectivity index (χ2v) is 11.4. The van der Waals surface area contributed by atoms with Crippen LogP contribution in [-0.4, -0.2) is 72.6 Å². The maximum Gasteiger partial charge on any atom is 0.408 e. The van der Waals surface area contributed by atoms with Crippen LogP contribution in [0.4, 0.5) is 4.79 Å². The van der Waals surface area contributed by atoms with Crippen molar-refractivity contribution in [2.45, 2.75) is 39.2 Å². The Morgan fingerprint density at radius 1 is 1.00 bits per heavy atom. The lowest BCUT2D eigenvalue weighted by Crippen LogP contribution is -2.43. The van der Waals surface area contributed by atoms with Crippen molar-refractivity contribution in [1.29, 1.82) is 0 Å². The molecular weight excluding hydrogens is 524 g/mol. The molecule has 2 rings (SSSR count). The van der Waals surface area contributed by atoms with Gasteiger partial charge >= 0.3 is 12.0 Å². The topological polar surface area (TPSA) is 153 Å². The van der Waals surface area contributed by atoms with Crippen molar-refractivity contribution in [3.63, 3.8) is 0 Å². The van der Waals surface area contributed by atoms with Gasteiger partial charge in [-0.3, -0.25) is 14.4 Å². The minimum atomic E-state index is -0.703. The normalized spacial score (nSPS) is 11.0. The Kier molecular flexibility index (Phi) is 12.1. The van der Waals surface area contributed by atoms with E-state index in [9.17, 15) is 19.2 Å². The van der Waals surface area contributed by atoms with Gasteiger partial charge in [-0.15, -0.1) is 11.3 Å². The monoisotopic (exact) mass is 557 g/mol. The van der Waals surface area contributed by atoms with Crippen molar-refractivity contribution < 1.29 is 28.9 Å². The SMILES string of the molecule is CSCCCNC(=O)c1csc(-c2csc(CCNC(=O)CNC(=O)CNC(=O)OC(C)(C)C)n2)[nH+]1. The van der Waals surface area contributed by atoms with Crippen LogP contribution >= 0.6 is 34.4 Å². The summed E-state index contributed by atoms with van der Waals surface area (Å²) in [4.78, 5) is 55.2. The van der Waals surface area contributed by atoms with E-state index < -0.39 is 17.6 Å². The van der Waals surface area contributed by atoms with Crippen LogP contribution in [0.15, 0.2) is 10.8 Å². The highest BCUT2D eigenvalue weighted by molar-refractivity contribution is 7.98.